The molecule has 0 saturated heterocycles. The Kier molecular flexibility index (Phi) is 9.93. The number of fused-ring (bicyclic) bond motifs is 1. The summed E-state index contributed by atoms with van der Waals surface area (Å²) in [5, 5.41) is 0.536. The zero-order chi connectivity index (χ0) is 28.6. The Hall–Kier alpha value is -3.63. The summed E-state index contributed by atoms with van der Waals surface area (Å²) in [5.74, 6) is -2.13. The van der Waals surface area contributed by atoms with Gasteiger partial charge < -0.3 is 18.6 Å². The van der Waals surface area contributed by atoms with Gasteiger partial charge in [-0.3, -0.25) is 0 Å². The molecule has 0 aliphatic heterocycles. The summed E-state index contributed by atoms with van der Waals surface area (Å²) in [6, 6.07) is 10.6. The van der Waals surface area contributed by atoms with E-state index in [2.05, 4.69) is 11.3 Å². The zero-order valence-electron chi connectivity index (χ0n) is 21.2. The van der Waals surface area contributed by atoms with Gasteiger partial charge in [0.25, 0.3) is 0 Å². The van der Waals surface area contributed by atoms with Crippen LogP contribution in [0.4, 0.5) is 26.3 Å². The molecule has 1 unspecified atom stereocenters. The molecule has 0 amide bonds. The predicted molar refractivity (Wildman–Crippen MR) is 132 cm³/mol. The van der Waals surface area contributed by atoms with E-state index in [9.17, 15) is 31.1 Å². The minimum atomic E-state index is -4.91. The number of benzene rings is 2. The summed E-state index contributed by atoms with van der Waals surface area (Å²) in [7, 11) is 0. The maximum absolute atomic E-state index is 13.1. The number of ether oxygens (including phenoxy) is 3. The molecule has 3 aromatic rings. The molecule has 1 atom stereocenters. The van der Waals surface area contributed by atoms with E-state index >= 15 is 0 Å². The van der Waals surface area contributed by atoms with Gasteiger partial charge in [0.2, 0.25) is 0 Å². The van der Waals surface area contributed by atoms with E-state index in [0.29, 0.717) is 17.4 Å². The maximum atomic E-state index is 13.1. The first kappa shape index (κ1) is 29.9. The second kappa shape index (κ2) is 12.9. The van der Waals surface area contributed by atoms with Crippen molar-refractivity contribution in [2.24, 2.45) is 5.92 Å². The standard InChI is InChI=1S/C28H28F6O5/c1-3-5-6-7-18-8-11-22(25(12-18)39-28(32,33)34)24-13-20-9-10-21(14-23(20)38-24)36-16-19(15-27(29,30)31)17-37-26(35)4-2/h4,8-14,19H,2-3,5-7,15-17H2,1H3. The third-order valence-electron chi connectivity index (χ3n) is 5.73. The van der Waals surface area contributed by atoms with Gasteiger partial charge in [0.05, 0.1) is 25.2 Å². The largest absolute Gasteiger partial charge is 0.573 e. The maximum Gasteiger partial charge on any atom is 0.573 e. The molecule has 11 heteroatoms. The lowest BCUT2D eigenvalue weighted by Crippen LogP contribution is -2.25. The summed E-state index contributed by atoms with van der Waals surface area (Å²) >= 11 is 0. The molecule has 2 aromatic carbocycles. The average molecular weight is 559 g/mol. The molecule has 0 aliphatic carbocycles. The number of unbranched alkanes of at least 4 members (excludes halogenated alkanes) is 2. The zero-order valence-corrected chi connectivity index (χ0v) is 21.2. The normalized spacial score (nSPS) is 12.8. The van der Waals surface area contributed by atoms with E-state index in [4.69, 9.17) is 13.9 Å². The van der Waals surface area contributed by atoms with Gasteiger partial charge in [0.15, 0.2) is 0 Å². The van der Waals surface area contributed by atoms with Crippen LogP contribution >= 0.6 is 0 Å². The Morgan fingerprint density at radius 2 is 1.79 bits per heavy atom. The van der Waals surface area contributed by atoms with Gasteiger partial charge in [-0.15, -0.1) is 13.2 Å². The molecule has 3 rings (SSSR count). The Labute approximate surface area is 221 Å². The number of aryl methyl sites for hydroxylation is 1. The van der Waals surface area contributed by atoms with Crippen LogP contribution in [-0.2, 0) is 16.0 Å². The SMILES string of the molecule is C=CC(=O)OCC(COc1ccc2cc(-c3ccc(CCCCC)cc3OC(F)(F)F)oc2c1)CC(F)(F)F. The van der Waals surface area contributed by atoms with E-state index in [-0.39, 0.29) is 22.7 Å². The molecule has 212 valence electrons. The van der Waals surface area contributed by atoms with Crippen molar-refractivity contribution in [3.05, 3.63) is 60.7 Å². The molecule has 0 spiro atoms. The van der Waals surface area contributed by atoms with Crippen molar-refractivity contribution >= 4 is 16.9 Å². The first-order valence-corrected chi connectivity index (χ1v) is 12.3. The van der Waals surface area contributed by atoms with Crippen LogP contribution in [0.5, 0.6) is 11.5 Å². The lowest BCUT2D eigenvalue weighted by molar-refractivity contribution is -0.274. The van der Waals surface area contributed by atoms with Crippen molar-refractivity contribution in [2.75, 3.05) is 13.2 Å². The van der Waals surface area contributed by atoms with Crippen molar-refractivity contribution < 1.29 is 49.8 Å². The smallest absolute Gasteiger partial charge is 0.493 e. The van der Waals surface area contributed by atoms with Gasteiger partial charge in [-0.25, -0.2) is 4.79 Å². The van der Waals surface area contributed by atoms with Gasteiger partial charge in [-0.1, -0.05) is 32.4 Å². The summed E-state index contributed by atoms with van der Waals surface area (Å²) in [6.45, 7) is 4.30. The molecular formula is C28H28F6O5. The van der Waals surface area contributed by atoms with Crippen molar-refractivity contribution in [3.8, 4) is 22.8 Å². The average Bonchev–Trinajstić information content (AvgIpc) is 3.27. The van der Waals surface area contributed by atoms with Crippen LogP contribution in [0.2, 0.25) is 0 Å². The molecule has 0 N–H and O–H groups in total. The molecule has 39 heavy (non-hydrogen) atoms. The highest BCUT2D eigenvalue weighted by atomic mass is 19.4. The van der Waals surface area contributed by atoms with Gasteiger partial charge in [0, 0.05) is 23.4 Å². The second-order valence-corrected chi connectivity index (χ2v) is 8.98. The highest BCUT2D eigenvalue weighted by molar-refractivity contribution is 5.85. The quantitative estimate of drug-likeness (QED) is 0.0913. The van der Waals surface area contributed by atoms with Crippen LogP contribution in [0, 0.1) is 5.92 Å². The van der Waals surface area contributed by atoms with E-state index in [0.717, 1.165) is 25.3 Å². The van der Waals surface area contributed by atoms with Crippen LogP contribution in [0.15, 0.2) is 59.5 Å². The monoisotopic (exact) mass is 558 g/mol. The molecule has 5 nitrogen and oxygen atoms in total. The Balaban J connectivity index is 1.81. The molecule has 0 radical (unpaired) electrons. The van der Waals surface area contributed by atoms with Gasteiger partial charge in [-0.05, 0) is 48.7 Å². The lowest BCUT2D eigenvalue weighted by atomic mass is 10.0. The molecule has 0 aliphatic rings. The minimum Gasteiger partial charge on any atom is -0.493 e. The number of esters is 1. The number of alkyl halides is 6. The van der Waals surface area contributed by atoms with Crippen LogP contribution < -0.4 is 9.47 Å². The van der Waals surface area contributed by atoms with E-state index in [1.54, 1.807) is 12.1 Å². The van der Waals surface area contributed by atoms with Crippen LogP contribution in [0.1, 0.15) is 38.2 Å². The van der Waals surface area contributed by atoms with E-state index in [1.807, 2.05) is 6.92 Å². The second-order valence-electron chi connectivity index (χ2n) is 8.98. The third kappa shape index (κ3) is 9.56. The Morgan fingerprint density at radius 3 is 2.46 bits per heavy atom. The van der Waals surface area contributed by atoms with Crippen molar-refractivity contribution in [1.82, 2.24) is 0 Å². The first-order valence-electron chi connectivity index (χ1n) is 12.3. The predicted octanol–water partition coefficient (Wildman–Crippen LogP) is 8.41. The van der Waals surface area contributed by atoms with Crippen LogP contribution in [0.3, 0.4) is 0 Å². The number of halogens is 6. The fourth-order valence-electron chi connectivity index (χ4n) is 3.91. The molecule has 0 bridgehead atoms. The Bertz CT molecular complexity index is 1260. The number of furan rings is 1. The van der Waals surface area contributed by atoms with Crippen molar-refractivity contribution in [2.45, 2.75) is 51.6 Å². The number of hydrogen-bond acceptors (Lipinski definition) is 5. The molecule has 0 fully saturated rings. The van der Waals surface area contributed by atoms with Crippen molar-refractivity contribution in [3.63, 3.8) is 0 Å². The van der Waals surface area contributed by atoms with Crippen LogP contribution in [-0.4, -0.2) is 31.7 Å². The van der Waals surface area contributed by atoms with Gasteiger partial charge in [0.1, 0.15) is 22.8 Å². The topological polar surface area (TPSA) is 57.9 Å². The number of hydrogen-bond donors (Lipinski definition) is 0. The van der Waals surface area contributed by atoms with Crippen LogP contribution in [0.25, 0.3) is 22.3 Å². The number of carbonyl (C=O) groups is 1. The highest BCUT2D eigenvalue weighted by Gasteiger charge is 2.34. The fraction of sp³-hybridized carbons (Fsp3) is 0.393. The first-order chi connectivity index (χ1) is 18.4. The fourth-order valence-corrected chi connectivity index (χ4v) is 3.91. The number of carbonyl (C=O) groups excluding carboxylic acids is 1. The molecular weight excluding hydrogens is 530 g/mol. The van der Waals surface area contributed by atoms with Gasteiger partial charge in [-0.2, -0.15) is 13.2 Å². The summed E-state index contributed by atoms with van der Waals surface area (Å²) in [4.78, 5) is 11.3. The summed E-state index contributed by atoms with van der Waals surface area (Å²) in [6.07, 6.45) is -6.45. The third-order valence-corrected chi connectivity index (χ3v) is 5.73. The molecule has 1 aromatic heterocycles. The van der Waals surface area contributed by atoms with E-state index < -0.39 is 49.8 Å². The molecule has 1 heterocycles. The summed E-state index contributed by atoms with van der Waals surface area (Å²) < 4.78 is 98.5. The van der Waals surface area contributed by atoms with E-state index in [1.165, 1.54) is 30.3 Å². The lowest BCUT2D eigenvalue weighted by Gasteiger charge is -2.19. The Morgan fingerprint density at radius 1 is 1.03 bits per heavy atom. The number of rotatable bonds is 13. The minimum absolute atomic E-state index is 0.0968. The highest BCUT2D eigenvalue weighted by Crippen LogP contribution is 2.38. The van der Waals surface area contributed by atoms with Gasteiger partial charge >= 0.3 is 18.5 Å². The summed E-state index contributed by atoms with van der Waals surface area (Å²) in [5.41, 5.74) is 1.04. The van der Waals surface area contributed by atoms with Crippen molar-refractivity contribution in [1.29, 1.82) is 0 Å². The molecule has 0 saturated carbocycles.